The van der Waals surface area contributed by atoms with Gasteiger partial charge in [-0.1, -0.05) is 42.5 Å². The first-order valence-electron chi connectivity index (χ1n) is 8.74. The predicted molar refractivity (Wildman–Crippen MR) is 108 cm³/mol. The van der Waals surface area contributed by atoms with Crippen LogP contribution in [0.15, 0.2) is 83.8 Å². The lowest BCUT2D eigenvalue weighted by Crippen LogP contribution is -2.25. The Morgan fingerprint density at radius 2 is 1.46 bits per heavy atom. The molecule has 5 nitrogen and oxygen atoms in total. The van der Waals surface area contributed by atoms with Crippen molar-refractivity contribution in [3.63, 3.8) is 0 Å². The number of nitrogens with zero attached hydrogens (tertiary/aromatic N) is 1. The predicted octanol–water partition coefficient (Wildman–Crippen LogP) is 4.12. The Labute approximate surface area is 166 Å². The van der Waals surface area contributed by atoms with Crippen LogP contribution in [0, 0.1) is 0 Å². The van der Waals surface area contributed by atoms with E-state index >= 15 is 0 Å². The molecular formula is C22H21NO4S. The molecule has 0 bridgehead atoms. The molecule has 3 rings (SSSR count). The van der Waals surface area contributed by atoms with Gasteiger partial charge in [0.2, 0.25) is 0 Å². The summed E-state index contributed by atoms with van der Waals surface area (Å²) >= 11 is 0. The van der Waals surface area contributed by atoms with Crippen LogP contribution in [0.4, 0.5) is 0 Å². The second-order valence-electron chi connectivity index (χ2n) is 6.21. The van der Waals surface area contributed by atoms with Gasteiger partial charge < -0.3 is 9.84 Å². The maximum Gasteiger partial charge on any atom is 0.335 e. The highest BCUT2D eigenvalue weighted by Crippen LogP contribution is 2.20. The number of carboxylic acids is 1. The van der Waals surface area contributed by atoms with Crippen LogP contribution < -0.4 is 4.74 Å². The lowest BCUT2D eigenvalue weighted by molar-refractivity contribution is 0.0697. The first kappa shape index (κ1) is 19.8. The summed E-state index contributed by atoms with van der Waals surface area (Å²) in [6, 6.07) is 23.6. The molecule has 0 aliphatic heterocycles. The molecule has 0 aliphatic rings. The Morgan fingerprint density at radius 3 is 2.00 bits per heavy atom. The van der Waals surface area contributed by atoms with E-state index in [1.54, 1.807) is 19.2 Å². The molecule has 0 aliphatic carbocycles. The molecule has 3 aromatic rings. The van der Waals surface area contributed by atoms with Crippen molar-refractivity contribution < 1.29 is 18.8 Å². The molecule has 0 radical (unpaired) electrons. The number of ether oxygens (including phenoxy) is 1. The molecular weight excluding hydrogens is 374 g/mol. The van der Waals surface area contributed by atoms with Gasteiger partial charge in [-0.2, -0.15) is 0 Å². The number of hydrogen-bond acceptors (Lipinski definition) is 3. The summed E-state index contributed by atoms with van der Waals surface area (Å²) in [5.74, 6) is -0.236. The molecule has 3 aromatic carbocycles. The van der Waals surface area contributed by atoms with Crippen LogP contribution in [0.5, 0.6) is 5.75 Å². The van der Waals surface area contributed by atoms with Crippen molar-refractivity contribution in [2.24, 2.45) is 0 Å². The Bertz CT molecular complexity index is 941. The zero-order valence-corrected chi connectivity index (χ0v) is 16.3. The largest absolute Gasteiger partial charge is 0.497 e. The molecule has 1 N–H and O–H groups in total. The monoisotopic (exact) mass is 395 g/mol. The molecule has 144 valence electrons. The van der Waals surface area contributed by atoms with Gasteiger partial charge in [-0.25, -0.2) is 13.3 Å². The van der Waals surface area contributed by atoms with Gasteiger partial charge in [0.05, 0.1) is 17.6 Å². The van der Waals surface area contributed by atoms with Gasteiger partial charge in [0, 0.05) is 13.1 Å². The van der Waals surface area contributed by atoms with Crippen LogP contribution in [0.2, 0.25) is 0 Å². The third-order valence-corrected chi connectivity index (χ3v) is 5.66. The average molecular weight is 395 g/mol. The van der Waals surface area contributed by atoms with Crippen LogP contribution in [0.1, 0.15) is 21.5 Å². The minimum absolute atomic E-state index is 0.172. The van der Waals surface area contributed by atoms with Gasteiger partial charge in [0.15, 0.2) is 0 Å². The highest BCUT2D eigenvalue weighted by molar-refractivity contribution is 7.82. The summed E-state index contributed by atoms with van der Waals surface area (Å²) in [4.78, 5) is 11.6. The normalized spacial score (nSPS) is 11.9. The highest BCUT2D eigenvalue weighted by Gasteiger charge is 2.17. The van der Waals surface area contributed by atoms with Crippen LogP contribution in [-0.2, 0) is 24.1 Å². The molecule has 28 heavy (non-hydrogen) atoms. The van der Waals surface area contributed by atoms with E-state index in [1.807, 2.05) is 58.9 Å². The molecule has 6 heteroatoms. The third kappa shape index (κ3) is 5.06. The molecule has 0 aromatic heterocycles. The highest BCUT2D eigenvalue weighted by atomic mass is 32.2. The number of hydrogen-bond donors (Lipinski definition) is 1. The van der Waals surface area contributed by atoms with Crippen molar-refractivity contribution >= 4 is 17.0 Å². The molecule has 0 fully saturated rings. The molecule has 1 atom stereocenters. The summed E-state index contributed by atoms with van der Waals surface area (Å²) < 4.78 is 20.3. The smallest absolute Gasteiger partial charge is 0.335 e. The summed E-state index contributed by atoms with van der Waals surface area (Å²) in [7, 11) is 0.176. The van der Waals surface area contributed by atoms with Gasteiger partial charge in [0.25, 0.3) is 0 Å². The lowest BCUT2D eigenvalue weighted by Gasteiger charge is -2.22. The first-order chi connectivity index (χ1) is 13.6. The van der Waals surface area contributed by atoms with Crippen LogP contribution in [0.3, 0.4) is 0 Å². The number of rotatable bonds is 8. The van der Waals surface area contributed by atoms with Crippen LogP contribution in [0.25, 0.3) is 0 Å². The number of carboxylic acid groups (broad SMARTS) is 1. The van der Waals surface area contributed by atoms with Crippen molar-refractivity contribution in [1.82, 2.24) is 4.31 Å². The molecule has 0 saturated heterocycles. The zero-order valence-electron chi connectivity index (χ0n) is 15.4. The SMILES string of the molecule is COc1ccc(CN(Cc2ccccc2)S(=O)c2ccc(C(=O)O)cc2)cc1. The number of aromatic carboxylic acids is 1. The molecule has 1 unspecified atom stereocenters. The minimum Gasteiger partial charge on any atom is -0.497 e. The van der Waals surface area contributed by atoms with Gasteiger partial charge in [-0.15, -0.1) is 0 Å². The topological polar surface area (TPSA) is 66.8 Å². The Kier molecular flexibility index (Phi) is 6.57. The fourth-order valence-electron chi connectivity index (χ4n) is 2.76. The zero-order chi connectivity index (χ0) is 19.9. The quantitative estimate of drug-likeness (QED) is 0.623. The number of carbonyl (C=O) groups is 1. The average Bonchev–Trinajstić information content (AvgIpc) is 2.74. The van der Waals surface area contributed by atoms with Crippen molar-refractivity contribution in [3.8, 4) is 5.75 Å². The second-order valence-corrected chi connectivity index (χ2v) is 7.70. The molecule has 0 heterocycles. The Balaban J connectivity index is 1.85. The maximum atomic E-state index is 13.2. The van der Waals surface area contributed by atoms with Crippen molar-refractivity contribution in [2.45, 2.75) is 18.0 Å². The number of methoxy groups -OCH3 is 1. The minimum atomic E-state index is -1.44. The van der Waals surface area contributed by atoms with E-state index in [2.05, 4.69) is 0 Å². The van der Waals surface area contributed by atoms with E-state index in [1.165, 1.54) is 12.1 Å². The first-order valence-corrected chi connectivity index (χ1v) is 9.84. The van der Waals surface area contributed by atoms with E-state index in [0.29, 0.717) is 18.0 Å². The van der Waals surface area contributed by atoms with Gasteiger partial charge >= 0.3 is 5.97 Å². The van der Waals surface area contributed by atoms with Crippen molar-refractivity contribution in [1.29, 1.82) is 0 Å². The van der Waals surface area contributed by atoms with E-state index in [-0.39, 0.29) is 5.56 Å². The third-order valence-electron chi connectivity index (χ3n) is 4.26. The summed E-state index contributed by atoms with van der Waals surface area (Å²) in [6.07, 6.45) is 0. The molecule has 0 amide bonds. The van der Waals surface area contributed by atoms with E-state index in [9.17, 15) is 9.00 Å². The Morgan fingerprint density at radius 1 is 0.893 bits per heavy atom. The van der Waals surface area contributed by atoms with E-state index < -0.39 is 17.0 Å². The molecule has 0 saturated carbocycles. The van der Waals surface area contributed by atoms with Crippen molar-refractivity contribution in [3.05, 3.63) is 95.6 Å². The van der Waals surface area contributed by atoms with Gasteiger partial charge in [0.1, 0.15) is 16.7 Å². The van der Waals surface area contributed by atoms with E-state index in [4.69, 9.17) is 9.84 Å². The summed E-state index contributed by atoms with van der Waals surface area (Å²) in [5, 5.41) is 9.06. The molecule has 0 spiro atoms. The summed E-state index contributed by atoms with van der Waals surface area (Å²) in [6.45, 7) is 0.979. The fourth-order valence-corrected chi connectivity index (χ4v) is 3.96. The maximum absolute atomic E-state index is 13.2. The second kappa shape index (κ2) is 9.30. The number of benzene rings is 3. The summed E-state index contributed by atoms with van der Waals surface area (Å²) in [5.41, 5.74) is 2.23. The van der Waals surface area contributed by atoms with Crippen molar-refractivity contribution in [2.75, 3.05) is 7.11 Å². The standard InChI is InChI=1S/C22H21NO4S/c1-27-20-11-7-18(8-12-20)16-23(15-17-5-3-2-4-6-17)28(26)21-13-9-19(10-14-21)22(24)25/h2-14H,15-16H2,1H3,(H,24,25). The van der Waals surface area contributed by atoms with Crippen LogP contribution in [-0.4, -0.2) is 26.7 Å². The Hall–Kier alpha value is -2.96. The fraction of sp³-hybridized carbons (Fsp3) is 0.136. The van der Waals surface area contributed by atoms with Crippen LogP contribution >= 0.6 is 0 Å². The van der Waals surface area contributed by atoms with Gasteiger partial charge in [-0.05, 0) is 47.5 Å². The van der Waals surface area contributed by atoms with Gasteiger partial charge in [-0.3, -0.25) is 0 Å². The van der Waals surface area contributed by atoms with E-state index in [0.717, 1.165) is 16.9 Å². The lowest BCUT2D eigenvalue weighted by atomic mass is 10.2.